The number of halogens is 1. The van der Waals surface area contributed by atoms with E-state index in [9.17, 15) is 4.79 Å². The third-order valence-electron chi connectivity index (χ3n) is 2.29. The lowest BCUT2D eigenvalue weighted by molar-refractivity contribution is 0.0690. The molecule has 0 aliphatic carbocycles. The number of carboxylic acids is 1. The predicted molar refractivity (Wildman–Crippen MR) is 73.1 cm³/mol. The molecule has 0 aliphatic rings. The maximum atomic E-state index is 10.7. The number of thiophene rings is 1. The van der Waals surface area contributed by atoms with Gasteiger partial charge in [-0.2, -0.15) is 0 Å². The molecule has 0 radical (unpaired) electrons. The van der Waals surface area contributed by atoms with E-state index in [0.717, 1.165) is 3.79 Å². The second-order valence-corrected chi connectivity index (χ2v) is 5.97. The molecular weight excluding hydrogens is 318 g/mol. The van der Waals surface area contributed by atoms with Crippen LogP contribution in [0.25, 0.3) is 0 Å². The summed E-state index contributed by atoms with van der Waals surface area (Å²) < 4.78 is 1.08. The lowest BCUT2D eigenvalue weighted by Gasteiger charge is -2.16. The van der Waals surface area contributed by atoms with Gasteiger partial charge in [0.25, 0.3) is 0 Å². The van der Waals surface area contributed by atoms with Gasteiger partial charge in [-0.3, -0.25) is 0 Å². The standard InChI is InChI=1S/C11H10BrN3O2S/c1-15(5-7-2-9(12)18-6-7)10-4-13-8(3-14-10)11(16)17/h2-4,6H,5H2,1H3,(H,16,17). The SMILES string of the molecule is CN(Cc1csc(Br)c1)c1cnc(C(=O)O)cn1. The van der Waals surface area contributed by atoms with E-state index in [1.165, 1.54) is 18.0 Å². The minimum absolute atomic E-state index is 0.0505. The van der Waals surface area contributed by atoms with Crippen LogP contribution in [0.5, 0.6) is 0 Å². The van der Waals surface area contributed by atoms with Crippen molar-refractivity contribution in [2.24, 2.45) is 0 Å². The number of hydrogen-bond donors (Lipinski definition) is 1. The van der Waals surface area contributed by atoms with Gasteiger partial charge in [0.15, 0.2) is 5.69 Å². The fourth-order valence-corrected chi connectivity index (χ4v) is 2.61. The molecule has 2 aromatic heterocycles. The van der Waals surface area contributed by atoms with Crippen LogP contribution in [-0.4, -0.2) is 28.1 Å². The van der Waals surface area contributed by atoms with Crippen molar-refractivity contribution >= 4 is 39.1 Å². The van der Waals surface area contributed by atoms with E-state index in [0.29, 0.717) is 12.4 Å². The van der Waals surface area contributed by atoms with Gasteiger partial charge in [-0.15, -0.1) is 11.3 Å². The summed E-state index contributed by atoms with van der Waals surface area (Å²) in [4.78, 5) is 20.5. The largest absolute Gasteiger partial charge is 0.476 e. The van der Waals surface area contributed by atoms with Gasteiger partial charge < -0.3 is 10.0 Å². The third-order valence-corrected chi connectivity index (χ3v) is 3.84. The van der Waals surface area contributed by atoms with Crippen LogP contribution in [0.15, 0.2) is 27.6 Å². The van der Waals surface area contributed by atoms with Crippen LogP contribution in [0, 0.1) is 0 Å². The first-order valence-corrected chi connectivity index (χ1v) is 6.73. The molecule has 2 rings (SSSR count). The Morgan fingerprint density at radius 2 is 2.28 bits per heavy atom. The zero-order valence-corrected chi connectivity index (χ0v) is 11.9. The van der Waals surface area contributed by atoms with Crippen LogP contribution in [0.1, 0.15) is 16.1 Å². The normalized spacial score (nSPS) is 10.3. The van der Waals surface area contributed by atoms with E-state index in [-0.39, 0.29) is 5.69 Å². The molecule has 0 atom stereocenters. The number of aromatic nitrogens is 2. The predicted octanol–water partition coefficient (Wildman–Crippen LogP) is 2.64. The third kappa shape index (κ3) is 3.05. The summed E-state index contributed by atoms with van der Waals surface area (Å²) >= 11 is 5.03. The molecule has 0 aliphatic heterocycles. The minimum atomic E-state index is -1.07. The summed E-state index contributed by atoms with van der Waals surface area (Å²) in [5, 5.41) is 10.8. The Balaban J connectivity index is 2.09. The van der Waals surface area contributed by atoms with Crippen molar-refractivity contribution in [1.82, 2.24) is 9.97 Å². The molecule has 0 spiro atoms. The van der Waals surface area contributed by atoms with Crippen LogP contribution in [0.2, 0.25) is 0 Å². The number of aromatic carboxylic acids is 1. The maximum absolute atomic E-state index is 10.7. The lowest BCUT2D eigenvalue weighted by atomic mass is 10.3. The van der Waals surface area contributed by atoms with Crippen molar-refractivity contribution in [1.29, 1.82) is 0 Å². The zero-order valence-electron chi connectivity index (χ0n) is 9.50. The molecule has 0 saturated carbocycles. The topological polar surface area (TPSA) is 66.3 Å². The second kappa shape index (κ2) is 5.45. The number of carboxylic acid groups (broad SMARTS) is 1. The van der Waals surface area contributed by atoms with E-state index < -0.39 is 5.97 Å². The van der Waals surface area contributed by atoms with Crippen molar-refractivity contribution in [2.75, 3.05) is 11.9 Å². The molecule has 94 valence electrons. The maximum Gasteiger partial charge on any atom is 0.356 e. The molecule has 1 N–H and O–H groups in total. The molecule has 0 bridgehead atoms. The van der Waals surface area contributed by atoms with Crippen LogP contribution >= 0.6 is 27.3 Å². The summed E-state index contributed by atoms with van der Waals surface area (Å²) in [7, 11) is 1.88. The van der Waals surface area contributed by atoms with Gasteiger partial charge in [-0.05, 0) is 32.9 Å². The molecule has 0 aromatic carbocycles. The second-order valence-electron chi connectivity index (χ2n) is 3.68. The summed E-state index contributed by atoms with van der Waals surface area (Å²) in [6.45, 7) is 0.698. The van der Waals surface area contributed by atoms with Gasteiger partial charge in [0.2, 0.25) is 0 Å². The average molecular weight is 328 g/mol. The van der Waals surface area contributed by atoms with Crippen molar-refractivity contribution in [3.8, 4) is 0 Å². The zero-order chi connectivity index (χ0) is 13.1. The van der Waals surface area contributed by atoms with Gasteiger partial charge in [0.1, 0.15) is 5.82 Å². The van der Waals surface area contributed by atoms with Crippen molar-refractivity contribution in [3.05, 3.63) is 38.9 Å². The first-order valence-electron chi connectivity index (χ1n) is 5.05. The minimum Gasteiger partial charge on any atom is -0.476 e. The van der Waals surface area contributed by atoms with Crippen LogP contribution in [0.4, 0.5) is 5.82 Å². The highest BCUT2D eigenvalue weighted by Gasteiger charge is 2.08. The molecule has 2 heterocycles. The van der Waals surface area contributed by atoms with E-state index in [1.807, 2.05) is 18.0 Å². The van der Waals surface area contributed by atoms with E-state index >= 15 is 0 Å². The Labute approximate surface area is 116 Å². The highest BCUT2D eigenvalue weighted by Crippen LogP contribution is 2.22. The van der Waals surface area contributed by atoms with E-state index in [1.54, 1.807) is 11.3 Å². The Kier molecular flexibility index (Phi) is 3.93. The van der Waals surface area contributed by atoms with Crippen LogP contribution in [-0.2, 0) is 6.54 Å². The molecular formula is C11H10BrN3O2S. The monoisotopic (exact) mass is 327 g/mol. The summed E-state index contributed by atoms with van der Waals surface area (Å²) in [6.07, 6.45) is 2.72. The number of carbonyl (C=O) groups is 1. The molecule has 0 unspecified atom stereocenters. The molecule has 0 amide bonds. The van der Waals surface area contributed by atoms with Crippen molar-refractivity contribution < 1.29 is 9.90 Å². The van der Waals surface area contributed by atoms with Crippen molar-refractivity contribution in [3.63, 3.8) is 0 Å². The fourth-order valence-electron chi connectivity index (χ4n) is 1.41. The number of hydrogen-bond acceptors (Lipinski definition) is 5. The Hall–Kier alpha value is -1.47. The fraction of sp³-hybridized carbons (Fsp3) is 0.182. The highest BCUT2D eigenvalue weighted by atomic mass is 79.9. The van der Waals surface area contributed by atoms with Gasteiger partial charge in [-0.25, -0.2) is 14.8 Å². The quantitative estimate of drug-likeness (QED) is 0.935. The number of nitrogens with zero attached hydrogens (tertiary/aromatic N) is 3. The highest BCUT2D eigenvalue weighted by molar-refractivity contribution is 9.11. The Morgan fingerprint density at radius 1 is 1.50 bits per heavy atom. The van der Waals surface area contributed by atoms with E-state index in [4.69, 9.17) is 5.11 Å². The van der Waals surface area contributed by atoms with Crippen LogP contribution < -0.4 is 4.90 Å². The summed E-state index contributed by atoms with van der Waals surface area (Å²) in [6, 6.07) is 2.04. The average Bonchev–Trinajstić information content (AvgIpc) is 2.75. The van der Waals surface area contributed by atoms with Crippen LogP contribution in [0.3, 0.4) is 0 Å². The molecule has 0 fully saturated rings. The first-order chi connectivity index (χ1) is 8.56. The first kappa shape index (κ1) is 13.0. The summed E-state index contributed by atoms with van der Waals surface area (Å²) in [5.41, 5.74) is 1.11. The molecule has 7 heteroatoms. The smallest absolute Gasteiger partial charge is 0.356 e. The van der Waals surface area contributed by atoms with Gasteiger partial charge >= 0.3 is 5.97 Å². The van der Waals surface area contributed by atoms with Crippen molar-refractivity contribution in [2.45, 2.75) is 6.54 Å². The molecule has 5 nitrogen and oxygen atoms in total. The van der Waals surface area contributed by atoms with Gasteiger partial charge in [0.05, 0.1) is 16.2 Å². The van der Waals surface area contributed by atoms with Gasteiger partial charge in [0, 0.05) is 13.6 Å². The Morgan fingerprint density at radius 3 is 2.78 bits per heavy atom. The molecule has 18 heavy (non-hydrogen) atoms. The number of rotatable bonds is 4. The van der Waals surface area contributed by atoms with Gasteiger partial charge in [-0.1, -0.05) is 0 Å². The summed E-state index contributed by atoms with van der Waals surface area (Å²) in [5.74, 6) is -0.430. The molecule has 0 saturated heterocycles. The molecule has 2 aromatic rings. The van der Waals surface area contributed by atoms with E-state index in [2.05, 4.69) is 31.3 Å². The lowest BCUT2D eigenvalue weighted by Crippen LogP contribution is -2.18. The number of anilines is 1. The Bertz CT molecular complexity index is 556.